The summed E-state index contributed by atoms with van der Waals surface area (Å²) in [5.74, 6) is 0.393. The SMILES string of the molecule is Cc1ccc(C(CNC(=O)C2CCNCC2)N2CCOCC2)s1.Cl. The van der Waals surface area contributed by atoms with Crippen LogP contribution in [-0.2, 0) is 9.53 Å². The number of thiophene rings is 1. The minimum Gasteiger partial charge on any atom is -0.379 e. The van der Waals surface area contributed by atoms with Crippen LogP contribution in [0.1, 0.15) is 28.6 Å². The van der Waals surface area contributed by atoms with E-state index in [1.807, 2.05) is 11.3 Å². The number of hydrogen-bond donors (Lipinski definition) is 2. The first-order valence-corrected chi connectivity index (χ1v) is 9.42. The molecular weight excluding hydrogens is 346 g/mol. The molecule has 0 bridgehead atoms. The summed E-state index contributed by atoms with van der Waals surface area (Å²) in [6, 6.07) is 4.64. The van der Waals surface area contributed by atoms with Crippen molar-refractivity contribution in [3.8, 4) is 0 Å². The van der Waals surface area contributed by atoms with Gasteiger partial charge >= 0.3 is 0 Å². The Morgan fingerprint density at radius 2 is 2.08 bits per heavy atom. The van der Waals surface area contributed by atoms with Crippen LogP contribution in [0.25, 0.3) is 0 Å². The van der Waals surface area contributed by atoms with E-state index >= 15 is 0 Å². The molecule has 1 unspecified atom stereocenters. The molecule has 0 aliphatic carbocycles. The highest BCUT2D eigenvalue weighted by atomic mass is 35.5. The number of piperidine rings is 1. The molecule has 3 heterocycles. The van der Waals surface area contributed by atoms with E-state index in [4.69, 9.17) is 4.74 Å². The minimum atomic E-state index is 0. The summed E-state index contributed by atoms with van der Waals surface area (Å²) in [6.07, 6.45) is 1.90. The maximum absolute atomic E-state index is 12.4. The predicted octanol–water partition coefficient (Wildman–Crippen LogP) is 1.97. The largest absolute Gasteiger partial charge is 0.379 e. The summed E-state index contributed by atoms with van der Waals surface area (Å²) in [6.45, 7) is 8.17. The van der Waals surface area contributed by atoms with Gasteiger partial charge in [0, 0.05) is 35.3 Å². The maximum atomic E-state index is 12.4. The number of hydrogen-bond acceptors (Lipinski definition) is 5. The summed E-state index contributed by atoms with van der Waals surface area (Å²) in [7, 11) is 0. The van der Waals surface area contributed by atoms with Gasteiger partial charge in [0.25, 0.3) is 0 Å². The van der Waals surface area contributed by atoms with Crippen LogP contribution in [0.4, 0.5) is 0 Å². The van der Waals surface area contributed by atoms with E-state index in [0.717, 1.165) is 52.2 Å². The molecule has 2 N–H and O–H groups in total. The molecule has 0 aromatic carbocycles. The Morgan fingerprint density at radius 1 is 1.38 bits per heavy atom. The van der Waals surface area contributed by atoms with Crippen molar-refractivity contribution in [2.45, 2.75) is 25.8 Å². The molecule has 2 saturated heterocycles. The summed E-state index contributed by atoms with van der Waals surface area (Å²) < 4.78 is 5.48. The number of carbonyl (C=O) groups excluding carboxylic acids is 1. The molecule has 1 amide bonds. The van der Waals surface area contributed by atoms with Crippen LogP contribution in [0.5, 0.6) is 0 Å². The van der Waals surface area contributed by atoms with E-state index in [0.29, 0.717) is 6.54 Å². The standard InChI is InChI=1S/C17H27N3O2S.ClH/c1-13-2-3-16(23-13)15(20-8-10-22-11-9-20)12-19-17(21)14-4-6-18-7-5-14;/h2-3,14-15,18H,4-12H2,1H3,(H,19,21);1H. The van der Waals surface area contributed by atoms with Gasteiger partial charge in [0.15, 0.2) is 0 Å². The maximum Gasteiger partial charge on any atom is 0.223 e. The van der Waals surface area contributed by atoms with E-state index in [1.165, 1.54) is 9.75 Å². The van der Waals surface area contributed by atoms with Crippen molar-refractivity contribution in [1.29, 1.82) is 0 Å². The fourth-order valence-electron chi connectivity index (χ4n) is 3.36. The number of nitrogens with zero attached hydrogens (tertiary/aromatic N) is 1. The molecule has 1 atom stereocenters. The van der Waals surface area contributed by atoms with Gasteiger partial charge in [-0.05, 0) is 45.0 Å². The van der Waals surface area contributed by atoms with Crippen molar-refractivity contribution in [2.75, 3.05) is 45.9 Å². The number of ether oxygens (including phenoxy) is 1. The van der Waals surface area contributed by atoms with Crippen molar-refractivity contribution in [1.82, 2.24) is 15.5 Å². The Bertz CT molecular complexity index is 514. The van der Waals surface area contributed by atoms with Crippen molar-refractivity contribution in [3.63, 3.8) is 0 Å². The average molecular weight is 374 g/mol. The van der Waals surface area contributed by atoms with Crippen LogP contribution in [0.3, 0.4) is 0 Å². The van der Waals surface area contributed by atoms with Gasteiger partial charge in [-0.15, -0.1) is 23.7 Å². The van der Waals surface area contributed by atoms with Crippen LogP contribution in [-0.4, -0.2) is 56.7 Å². The normalized spacial score (nSPS) is 21.0. The number of halogens is 1. The molecule has 1 aromatic rings. The highest BCUT2D eigenvalue weighted by molar-refractivity contribution is 7.12. The average Bonchev–Trinajstić information content (AvgIpc) is 3.03. The lowest BCUT2D eigenvalue weighted by molar-refractivity contribution is -0.126. The smallest absolute Gasteiger partial charge is 0.223 e. The first kappa shape index (κ1) is 19.7. The van der Waals surface area contributed by atoms with E-state index in [9.17, 15) is 4.79 Å². The van der Waals surface area contributed by atoms with Crippen LogP contribution >= 0.6 is 23.7 Å². The summed E-state index contributed by atoms with van der Waals surface area (Å²) in [4.78, 5) is 17.5. The van der Waals surface area contributed by atoms with Crippen molar-refractivity contribution < 1.29 is 9.53 Å². The minimum absolute atomic E-state index is 0. The van der Waals surface area contributed by atoms with Crippen molar-refractivity contribution in [3.05, 3.63) is 21.9 Å². The molecular formula is C17H28ClN3O2S. The Labute approximate surface area is 154 Å². The topological polar surface area (TPSA) is 53.6 Å². The van der Waals surface area contributed by atoms with Gasteiger partial charge < -0.3 is 15.4 Å². The lowest BCUT2D eigenvalue weighted by atomic mass is 9.97. The van der Waals surface area contributed by atoms with E-state index in [1.54, 1.807) is 0 Å². The monoisotopic (exact) mass is 373 g/mol. The van der Waals surface area contributed by atoms with Gasteiger partial charge in [-0.3, -0.25) is 9.69 Å². The van der Waals surface area contributed by atoms with Crippen LogP contribution in [0.2, 0.25) is 0 Å². The highest BCUT2D eigenvalue weighted by Gasteiger charge is 2.26. The third-order valence-electron chi connectivity index (χ3n) is 4.76. The molecule has 24 heavy (non-hydrogen) atoms. The molecule has 3 rings (SSSR count). The molecule has 136 valence electrons. The third-order valence-corrected chi connectivity index (χ3v) is 5.86. The first-order chi connectivity index (χ1) is 11.2. The zero-order valence-corrected chi connectivity index (χ0v) is 15.9. The Morgan fingerprint density at radius 3 is 2.71 bits per heavy atom. The second-order valence-electron chi connectivity index (χ2n) is 6.38. The molecule has 2 aliphatic rings. The van der Waals surface area contributed by atoms with Gasteiger partial charge in [-0.2, -0.15) is 0 Å². The van der Waals surface area contributed by atoms with Crippen LogP contribution in [0.15, 0.2) is 12.1 Å². The lowest BCUT2D eigenvalue weighted by Crippen LogP contribution is -2.45. The second kappa shape index (κ2) is 9.73. The lowest BCUT2D eigenvalue weighted by Gasteiger charge is -2.34. The van der Waals surface area contributed by atoms with Gasteiger partial charge in [0.05, 0.1) is 19.3 Å². The Balaban J connectivity index is 0.00000208. The quantitative estimate of drug-likeness (QED) is 0.828. The van der Waals surface area contributed by atoms with Crippen molar-refractivity contribution >= 4 is 29.7 Å². The molecule has 1 aromatic heterocycles. The van der Waals surface area contributed by atoms with Gasteiger partial charge in [0.1, 0.15) is 0 Å². The molecule has 2 aliphatic heterocycles. The zero-order chi connectivity index (χ0) is 16.1. The Hall–Kier alpha value is -0.660. The number of carbonyl (C=O) groups is 1. The molecule has 7 heteroatoms. The number of nitrogens with one attached hydrogen (secondary N) is 2. The second-order valence-corrected chi connectivity index (χ2v) is 7.70. The van der Waals surface area contributed by atoms with E-state index < -0.39 is 0 Å². The highest BCUT2D eigenvalue weighted by Crippen LogP contribution is 2.28. The zero-order valence-electron chi connectivity index (χ0n) is 14.3. The Kier molecular flexibility index (Phi) is 7.97. The molecule has 2 fully saturated rings. The van der Waals surface area contributed by atoms with Crippen molar-refractivity contribution in [2.24, 2.45) is 5.92 Å². The van der Waals surface area contributed by atoms with Gasteiger partial charge in [0.2, 0.25) is 5.91 Å². The van der Waals surface area contributed by atoms with Crippen LogP contribution < -0.4 is 10.6 Å². The number of amides is 1. The van der Waals surface area contributed by atoms with E-state index in [-0.39, 0.29) is 30.3 Å². The summed E-state index contributed by atoms with van der Waals surface area (Å²) in [5.41, 5.74) is 0. The molecule has 0 saturated carbocycles. The predicted molar refractivity (Wildman–Crippen MR) is 100 cm³/mol. The number of morpholine rings is 1. The fourth-order valence-corrected chi connectivity index (χ4v) is 4.37. The number of rotatable bonds is 5. The summed E-state index contributed by atoms with van der Waals surface area (Å²) >= 11 is 1.83. The van der Waals surface area contributed by atoms with Gasteiger partial charge in [-0.1, -0.05) is 0 Å². The third kappa shape index (κ3) is 5.17. The van der Waals surface area contributed by atoms with Gasteiger partial charge in [-0.25, -0.2) is 0 Å². The summed E-state index contributed by atoms with van der Waals surface area (Å²) in [5, 5.41) is 6.53. The first-order valence-electron chi connectivity index (χ1n) is 8.60. The van der Waals surface area contributed by atoms with Crippen LogP contribution in [0, 0.1) is 12.8 Å². The fraction of sp³-hybridized carbons (Fsp3) is 0.706. The van der Waals surface area contributed by atoms with E-state index in [2.05, 4.69) is 34.6 Å². The number of aryl methyl sites for hydroxylation is 1. The molecule has 0 spiro atoms. The molecule has 5 nitrogen and oxygen atoms in total. The molecule has 0 radical (unpaired) electrons.